The Hall–Kier alpha value is -2.19. The fourth-order valence-electron chi connectivity index (χ4n) is 1.25. The Morgan fingerprint density at radius 2 is 1.75 bits per heavy atom. The van der Waals surface area contributed by atoms with Crippen LogP contribution in [0.4, 0.5) is 17.6 Å². The fraction of sp³-hybridized carbons (Fsp3) is 0.364. The van der Waals surface area contributed by atoms with Crippen molar-refractivity contribution in [1.29, 1.82) is 0 Å². The van der Waals surface area contributed by atoms with Crippen LogP contribution in [0.1, 0.15) is 25.0 Å². The molecule has 0 aromatic heterocycles. The van der Waals surface area contributed by atoms with Crippen LogP contribution in [0.2, 0.25) is 0 Å². The van der Waals surface area contributed by atoms with Crippen molar-refractivity contribution in [2.24, 2.45) is 5.92 Å². The number of hydrogen-bond acceptors (Lipinski definition) is 0. The van der Waals surface area contributed by atoms with E-state index in [9.17, 15) is 17.6 Å². The Labute approximate surface area is 85.9 Å². The summed E-state index contributed by atoms with van der Waals surface area (Å²) < 4.78 is 49.8. The predicted octanol–water partition coefficient (Wildman–Crippen LogP) is 4.05. The summed E-state index contributed by atoms with van der Waals surface area (Å²) >= 11 is 0. The van der Waals surface area contributed by atoms with Crippen molar-refractivity contribution in [1.82, 2.24) is 0 Å². The molecule has 0 unspecified atom stereocenters. The minimum absolute atomic E-state index is 0. The first kappa shape index (κ1) is 13.8. The molecule has 0 atom stereocenters. The summed E-state index contributed by atoms with van der Waals surface area (Å²) in [5.41, 5.74) is -0.823. The second kappa shape index (κ2) is 4.55. The Balaban J connectivity index is 0.00000225. The van der Waals surface area contributed by atoms with E-state index in [1.54, 1.807) is 6.42 Å². The van der Waals surface area contributed by atoms with Crippen molar-refractivity contribution in [3.8, 4) is 0 Å². The summed E-state index contributed by atoms with van der Waals surface area (Å²) in [4.78, 5) is 0. The van der Waals surface area contributed by atoms with Gasteiger partial charge in [-0.3, -0.25) is 0 Å². The van der Waals surface area contributed by atoms with Crippen molar-refractivity contribution in [2.75, 3.05) is 0 Å². The number of rotatable bonds is 2. The van der Waals surface area contributed by atoms with Gasteiger partial charge in [-0.15, -0.1) is 6.07 Å². The maximum Gasteiger partial charge on any atom is 0.408 e. The first-order chi connectivity index (χ1) is 6.80. The van der Waals surface area contributed by atoms with Gasteiger partial charge in [0.15, 0.2) is 0 Å². The summed E-state index contributed by atoms with van der Waals surface area (Å²) in [7, 11) is 0. The van der Waals surface area contributed by atoms with Crippen LogP contribution >= 0.6 is 0 Å². The molecule has 0 fully saturated rings. The standard InChI is InChI=1S/C11H11F4.Cm/c1-7(2)5-8-3-4-10(12)9(6-8)11(13,14)15;/h3-7H,1-2H3;/q-1;. The summed E-state index contributed by atoms with van der Waals surface area (Å²) in [5, 5.41) is 0. The molecule has 16 heavy (non-hydrogen) atoms. The number of benzene rings is 1. The maximum absolute atomic E-state index is 12.9. The van der Waals surface area contributed by atoms with Gasteiger partial charge in [-0.1, -0.05) is 25.8 Å². The van der Waals surface area contributed by atoms with Crippen molar-refractivity contribution in [2.45, 2.75) is 20.0 Å². The van der Waals surface area contributed by atoms with Crippen LogP contribution in [0.25, 0.3) is 0 Å². The minimum atomic E-state index is -4.63. The molecular weight excluding hydrogens is 455 g/mol. The molecule has 0 N–H and O–H groups in total. The van der Waals surface area contributed by atoms with E-state index in [-0.39, 0.29) is 5.92 Å². The number of alkyl halides is 3. The molecular formula is C11H11CmF4-. The zero-order valence-electron chi connectivity index (χ0n) is 8.75. The molecule has 0 bridgehead atoms. The maximum atomic E-state index is 12.9. The van der Waals surface area contributed by atoms with Crippen LogP contribution in [0.15, 0.2) is 18.2 Å². The van der Waals surface area contributed by atoms with Gasteiger partial charge in [0.05, 0.1) is 0 Å². The molecule has 0 spiro atoms. The van der Waals surface area contributed by atoms with Crippen LogP contribution in [0.5, 0.6) is 0 Å². The Morgan fingerprint density at radius 1 is 1.19 bits per heavy atom. The quantitative estimate of drug-likeness (QED) is 0.456. The third kappa shape index (κ3) is 3.19. The summed E-state index contributed by atoms with van der Waals surface area (Å²) in [5.74, 6) is -1.11. The van der Waals surface area contributed by atoms with Gasteiger partial charge < -0.3 is 0 Å². The molecule has 5 heteroatoms. The van der Waals surface area contributed by atoms with Crippen LogP contribution in [0, 0.1) is 18.2 Å². The molecule has 0 amide bonds. The average molecular weight is 466 g/mol. The smallest absolute Gasteiger partial charge is 0.209 e. The van der Waals surface area contributed by atoms with Crippen LogP contribution in [-0.2, 0) is 6.18 Å². The van der Waals surface area contributed by atoms with E-state index < -0.39 is 17.6 Å². The second-order valence-electron chi connectivity index (χ2n) is 3.65. The van der Waals surface area contributed by atoms with Gasteiger partial charge in [0.2, 0.25) is 0 Å². The molecule has 0 aliphatic heterocycles. The van der Waals surface area contributed by atoms with Crippen LogP contribution < -0.4 is 0 Å². The van der Waals surface area contributed by atoms with E-state index in [2.05, 4.69) is 0 Å². The van der Waals surface area contributed by atoms with E-state index in [4.69, 9.17) is 0 Å². The molecule has 0 radical (unpaired) electrons. The molecule has 0 nitrogen and oxygen atoms in total. The first-order valence-electron chi connectivity index (χ1n) is 4.52. The average Bonchev–Trinajstić information content (AvgIpc) is 2.05. The summed E-state index contributed by atoms with van der Waals surface area (Å²) in [6.45, 7) is 3.69. The second-order valence-corrected chi connectivity index (χ2v) is 3.65. The molecule has 92 valence electrons. The van der Waals surface area contributed by atoms with Gasteiger partial charge in [-0.2, -0.15) is 31.2 Å². The van der Waals surface area contributed by atoms with E-state index in [0.717, 1.165) is 12.1 Å². The molecule has 0 saturated carbocycles. The topological polar surface area (TPSA) is 0 Å². The first-order valence-corrected chi connectivity index (χ1v) is 4.52. The molecule has 0 saturated heterocycles. The Kier molecular flexibility index (Phi) is 3.93. The molecule has 0 heterocycles. The van der Waals surface area contributed by atoms with E-state index >= 15 is 0 Å². The van der Waals surface area contributed by atoms with Gasteiger partial charge in [0, 0.05) is 5.56 Å². The van der Waals surface area contributed by atoms with Gasteiger partial charge in [-0.05, 0) is 0 Å². The Bertz CT molecular complexity index is 344. The van der Waals surface area contributed by atoms with E-state index in [1.165, 1.54) is 6.07 Å². The van der Waals surface area contributed by atoms with Crippen LogP contribution in [0.3, 0.4) is 0 Å². The van der Waals surface area contributed by atoms with Crippen molar-refractivity contribution in [3.63, 3.8) is 0 Å². The van der Waals surface area contributed by atoms with Crippen molar-refractivity contribution >= 4 is 0 Å². The van der Waals surface area contributed by atoms with E-state index in [0.29, 0.717) is 5.56 Å². The zero-order chi connectivity index (χ0) is 11.6. The van der Waals surface area contributed by atoms with Crippen LogP contribution in [-0.4, -0.2) is 0 Å². The van der Waals surface area contributed by atoms with Gasteiger partial charge in [-0.25, -0.2) is 4.39 Å². The molecule has 1 aromatic carbocycles. The van der Waals surface area contributed by atoms with Gasteiger partial charge >= 0.3 is 6.18 Å². The predicted molar refractivity (Wildman–Crippen MR) is 49.6 cm³/mol. The fourth-order valence-corrected chi connectivity index (χ4v) is 1.25. The molecule has 0 aliphatic carbocycles. The Morgan fingerprint density at radius 3 is 2.19 bits per heavy atom. The van der Waals surface area contributed by atoms with Crippen molar-refractivity contribution < 1.29 is 17.6 Å². The zero-order valence-corrected chi connectivity index (χ0v) is 11.7. The summed E-state index contributed by atoms with van der Waals surface area (Å²) in [6, 6.07) is 3.01. The van der Waals surface area contributed by atoms with Crippen molar-refractivity contribution in [3.05, 3.63) is 41.6 Å². The monoisotopic (exact) mass is 462 g/mol. The number of halogens is 4. The minimum Gasteiger partial charge on any atom is -0.209 e. The SMILES string of the molecule is CC(C)[CH-]c1ccc(F)c(C(F)(F)F)c1.[Cm]. The van der Waals surface area contributed by atoms with E-state index in [1.807, 2.05) is 13.8 Å². The van der Waals surface area contributed by atoms with Gasteiger partial charge in [0.25, 0.3) is 0 Å². The molecule has 1 aromatic rings. The third-order valence-corrected chi connectivity index (χ3v) is 1.82. The third-order valence-electron chi connectivity index (χ3n) is 1.82. The normalized spacial score (nSPS) is 11.2. The molecule has 1 rings (SSSR count). The number of hydrogen-bond donors (Lipinski definition) is 0. The van der Waals surface area contributed by atoms with Gasteiger partial charge in [0.1, 0.15) is 5.82 Å². The molecule has 0 aliphatic rings. The summed E-state index contributed by atoms with van der Waals surface area (Å²) in [6.07, 6.45) is -2.99. The largest absolute Gasteiger partial charge is 0.408 e.